The highest BCUT2D eigenvalue weighted by molar-refractivity contribution is 5.91. The van der Waals surface area contributed by atoms with Gasteiger partial charge in [-0.15, -0.1) is 6.58 Å². The molecule has 60 heavy (non-hydrogen) atoms. The zero-order valence-corrected chi connectivity index (χ0v) is 33.7. The average molecular weight is 813 g/mol. The van der Waals surface area contributed by atoms with Crippen molar-refractivity contribution in [3.63, 3.8) is 0 Å². The van der Waals surface area contributed by atoms with Crippen molar-refractivity contribution >= 4 is 28.8 Å². The van der Waals surface area contributed by atoms with E-state index < -0.39 is 18.5 Å². The molecule has 5 aromatic rings. The lowest BCUT2D eigenvalue weighted by atomic mass is 9.99. The molecule has 2 aromatic heterocycles. The number of aliphatic hydroxyl groups is 2. The van der Waals surface area contributed by atoms with Crippen molar-refractivity contribution < 1.29 is 29.0 Å². The van der Waals surface area contributed by atoms with Crippen molar-refractivity contribution in [1.29, 1.82) is 0 Å². The molecular weight excluding hydrogens is 761 g/mol. The number of aliphatic hydroxyl groups excluding tert-OH is 2. The fraction of sp³-hybridized carbons (Fsp3) is 0.326. The Morgan fingerprint density at radius 2 is 1.85 bits per heavy atom. The maximum absolute atomic E-state index is 13.7. The van der Waals surface area contributed by atoms with E-state index in [1.54, 1.807) is 42.6 Å². The molecule has 3 heterocycles. The third kappa shape index (κ3) is 10.1. The molecule has 0 radical (unpaired) electrons. The van der Waals surface area contributed by atoms with Gasteiger partial charge in [-0.2, -0.15) is 0 Å². The molecule has 5 atom stereocenters. The van der Waals surface area contributed by atoms with E-state index in [4.69, 9.17) is 15.1 Å². The molecular formula is C46H52N8O6. The first-order valence-corrected chi connectivity index (χ1v) is 20.4. The Morgan fingerprint density at radius 1 is 1.08 bits per heavy atom. The van der Waals surface area contributed by atoms with Crippen LogP contribution in [-0.2, 0) is 27.2 Å². The highest BCUT2D eigenvalue weighted by Crippen LogP contribution is 2.35. The third-order valence-corrected chi connectivity index (χ3v) is 10.9. The number of nitrogens with two attached hydrogens (primary N) is 1. The molecule has 1 fully saturated rings. The van der Waals surface area contributed by atoms with Crippen molar-refractivity contribution in [2.45, 2.75) is 75.9 Å². The monoisotopic (exact) mass is 812 g/mol. The number of carbonyl (C=O) groups is 3. The maximum atomic E-state index is 13.7. The number of nitrogens with zero attached hydrogens (tertiary/aromatic N) is 4. The first kappa shape index (κ1) is 42.0. The van der Waals surface area contributed by atoms with E-state index in [0.717, 1.165) is 52.9 Å². The van der Waals surface area contributed by atoms with Gasteiger partial charge in [0.25, 0.3) is 0 Å². The van der Waals surface area contributed by atoms with E-state index in [-0.39, 0.29) is 42.8 Å². The van der Waals surface area contributed by atoms with Crippen LogP contribution in [0.1, 0.15) is 79.0 Å². The number of aromatic amines is 1. The SMILES string of the molecule is C=CCCN(CC(=O)NC1=CCC(c2ncc(-c3ccc4nc(C5CCCN5C(O)Cc5ccccc5CC(N)O)[nH]c4c3)o2)C=C1)C(=O)C(NC(C)=O)c1ccccc1. The second kappa shape index (κ2) is 19.3. The van der Waals surface area contributed by atoms with Gasteiger partial charge in [0.1, 0.15) is 24.3 Å². The standard InChI is InChI=1S/C46H52N8O6/c1-3-4-22-53(46(59)43(49-29(2)55)30-11-6-5-7-12-30)28-41(57)50-35-19-16-31(17-20-35)45-48-27-39(60-45)34-18-21-36-37(24-34)52-44(51-36)38-15-10-23-54(38)42(58)26-33-14-9-8-13-32(33)25-40(47)56/h3,5-9,11-14,16,18-21,24,27,31,38,40,42-43,56,58H,1,4,10,15,17,22-23,25-26,28,47H2,2H3,(H,49,55)(H,50,57)(H,51,52). The number of rotatable bonds is 17. The Kier molecular flexibility index (Phi) is 13.5. The van der Waals surface area contributed by atoms with Crippen LogP contribution in [0.5, 0.6) is 0 Å². The van der Waals surface area contributed by atoms with Gasteiger partial charge in [-0.05, 0) is 66.6 Å². The summed E-state index contributed by atoms with van der Waals surface area (Å²) in [5, 5.41) is 26.8. The van der Waals surface area contributed by atoms with Gasteiger partial charge in [-0.1, -0.05) is 72.8 Å². The molecule has 1 aliphatic heterocycles. The molecule has 3 aromatic carbocycles. The Balaban J connectivity index is 0.966. The lowest BCUT2D eigenvalue weighted by molar-refractivity contribution is -0.139. The number of benzene rings is 3. The fourth-order valence-corrected chi connectivity index (χ4v) is 7.97. The highest BCUT2D eigenvalue weighted by atomic mass is 16.4. The summed E-state index contributed by atoms with van der Waals surface area (Å²) < 4.78 is 6.26. The van der Waals surface area contributed by atoms with Crippen molar-refractivity contribution in [2.24, 2.45) is 5.73 Å². The molecule has 0 spiro atoms. The molecule has 0 saturated carbocycles. The smallest absolute Gasteiger partial charge is 0.250 e. The normalized spacial score (nSPS) is 18.1. The molecule has 5 unspecified atom stereocenters. The third-order valence-electron chi connectivity index (χ3n) is 10.9. The number of oxazole rings is 1. The number of hydrogen-bond acceptors (Lipinski definition) is 10. The van der Waals surface area contributed by atoms with Gasteiger partial charge < -0.3 is 40.9 Å². The maximum Gasteiger partial charge on any atom is 0.250 e. The largest absolute Gasteiger partial charge is 0.440 e. The Labute approximate surface area is 348 Å². The summed E-state index contributed by atoms with van der Waals surface area (Å²) in [6.45, 7) is 5.91. The predicted molar refractivity (Wildman–Crippen MR) is 227 cm³/mol. The average Bonchev–Trinajstić information content (AvgIpc) is 4.03. The molecule has 7 N–H and O–H groups in total. The number of H-pyrrole nitrogens is 1. The molecule has 3 amide bonds. The minimum Gasteiger partial charge on any atom is -0.440 e. The van der Waals surface area contributed by atoms with Crippen LogP contribution in [-0.4, -0.2) is 84.8 Å². The van der Waals surface area contributed by atoms with Gasteiger partial charge in [0.05, 0.1) is 35.7 Å². The number of hydrogen-bond donors (Lipinski definition) is 6. The van der Waals surface area contributed by atoms with E-state index in [9.17, 15) is 24.6 Å². The summed E-state index contributed by atoms with van der Waals surface area (Å²) in [5.41, 5.74) is 11.3. The van der Waals surface area contributed by atoms with E-state index in [1.807, 2.05) is 60.7 Å². The summed E-state index contributed by atoms with van der Waals surface area (Å²) in [6, 6.07) is 21.6. The van der Waals surface area contributed by atoms with Crippen LogP contribution < -0.4 is 16.4 Å². The lowest BCUT2D eigenvalue weighted by Gasteiger charge is -2.29. The second-order valence-electron chi connectivity index (χ2n) is 15.3. The number of amides is 3. The summed E-state index contributed by atoms with van der Waals surface area (Å²) in [4.78, 5) is 55.5. The molecule has 14 heteroatoms. The number of carbonyl (C=O) groups excluding carboxylic acids is 3. The molecule has 2 aliphatic rings. The van der Waals surface area contributed by atoms with Crippen LogP contribution >= 0.6 is 0 Å². The van der Waals surface area contributed by atoms with Gasteiger partial charge in [-0.25, -0.2) is 9.97 Å². The molecule has 7 rings (SSSR count). The van der Waals surface area contributed by atoms with E-state index in [1.165, 1.54) is 11.8 Å². The van der Waals surface area contributed by atoms with Gasteiger partial charge >= 0.3 is 0 Å². The Morgan fingerprint density at radius 3 is 2.57 bits per heavy atom. The van der Waals surface area contributed by atoms with Crippen molar-refractivity contribution in [3.8, 4) is 11.3 Å². The number of fused-ring (bicyclic) bond motifs is 1. The molecule has 312 valence electrons. The predicted octanol–water partition coefficient (Wildman–Crippen LogP) is 5.06. The Bertz CT molecular complexity index is 2370. The molecule has 1 aliphatic carbocycles. The quantitative estimate of drug-likeness (QED) is 0.0544. The minimum atomic E-state index is -0.960. The second-order valence-corrected chi connectivity index (χ2v) is 15.3. The number of nitrogens with one attached hydrogen (secondary N) is 3. The van der Waals surface area contributed by atoms with Crippen LogP contribution in [0.25, 0.3) is 22.4 Å². The van der Waals surface area contributed by atoms with Gasteiger partial charge in [0.15, 0.2) is 5.76 Å². The number of aromatic nitrogens is 3. The first-order chi connectivity index (χ1) is 29.1. The first-order valence-electron chi connectivity index (χ1n) is 20.4. The van der Waals surface area contributed by atoms with Gasteiger partial charge in [-0.3, -0.25) is 19.3 Å². The summed E-state index contributed by atoms with van der Waals surface area (Å²) in [6.07, 6.45) is 10.9. The van der Waals surface area contributed by atoms with Crippen LogP contribution in [0, 0.1) is 0 Å². The molecule has 14 nitrogen and oxygen atoms in total. The number of imidazole rings is 1. The zero-order chi connectivity index (χ0) is 42.2. The number of allylic oxidation sites excluding steroid dienone is 3. The lowest BCUT2D eigenvalue weighted by Crippen LogP contribution is -2.46. The van der Waals surface area contributed by atoms with Crippen LogP contribution in [0.15, 0.2) is 120 Å². The van der Waals surface area contributed by atoms with Gasteiger partial charge in [0.2, 0.25) is 23.6 Å². The fourth-order valence-electron chi connectivity index (χ4n) is 7.97. The van der Waals surface area contributed by atoms with Gasteiger partial charge in [0, 0.05) is 44.1 Å². The Hall–Kier alpha value is -6.19. The van der Waals surface area contributed by atoms with E-state index >= 15 is 0 Å². The molecule has 1 saturated heterocycles. The minimum absolute atomic E-state index is 0.0819. The van der Waals surface area contributed by atoms with Crippen molar-refractivity contribution in [3.05, 3.63) is 144 Å². The topological polar surface area (TPSA) is 203 Å². The highest BCUT2D eigenvalue weighted by Gasteiger charge is 2.34. The van der Waals surface area contributed by atoms with Crippen molar-refractivity contribution in [1.82, 2.24) is 35.4 Å². The van der Waals surface area contributed by atoms with Crippen LogP contribution in [0.2, 0.25) is 0 Å². The number of likely N-dealkylation sites (tertiary alicyclic amines) is 1. The van der Waals surface area contributed by atoms with Crippen LogP contribution in [0.3, 0.4) is 0 Å². The zero-order valence-electron chi connectivity index (χ0n) is 33.7. The van der Waals surface area contributed by atoms with Crippen LogP contribution in [0.4, 0.5) is 0 Å². The van der Waals surface area contributed by atoms with E-state index in [0.29, 0.717) is 48.6 Å². The summed E-state index contributed by atoms with van der Waals surface area (Å²) in [5.74, 6) is 0.688. The van der Waals surface area contributed by atoms with E-state index in [2.05, 4.69) is 32.1 Å². The summed E-state index contributed by atoms with van der Waals surface area (Å²) in [7, 11) is 0. The molecule has 0 bridgehead atoms. The summed E-state index contributed by atoms with van der Waals surface area (Å²) >= 11 is 0. The van der Waals surface area contributed by atoms with Crippen molar-refractivity contribution in [2.75, 3.05) is 19.6 Å².